The molecule has 0 N–H and O–H groups in total. The molecule has 6 nitrogen and oxygen atoms in total. The summed E-state index contributed by atoms with van der Waals surface area (Å²) in [6.07, 6.45) is 0. The lowest BCUT2D eigenvalue weighted by Gasteiger charge is -2.18. The monoisotopic (exact) mass is 266 g/mol. The van der Waals surface area contributed by atoms with E-state index >= 15 is 0 Å². The van der Waals surface area contributed by atoms with Crippen molar-refractivity contribution in [3.63, 3.8) is 0 Å². The third-order valence-electron chi connectivity index (χ3n) is 3.58. The van der Waals surface area contributed by atoms with Gasteiger partial charge in [0.2, 0.25) is 6.04 Å². The SMILES string of the molecule is COc1cccc(C2CN(C)CC2[N+](=O)[O-])c1OC. The number of likely N-dealkylation sites (N-methyl/N-ethyl adjacent to an activating group) is 1. The Morgan fingerprint density at radius 2 is 2.05 bits per heavy atom. The van der Waals surface area contributed by atoms with E-state index in [1.165, 1.54) is 0 Å². The van der Waals surface area contributed by atoms with Gasteiger partial charge in [-0.15, -0.1) is 0 Å². The Morgan fingerprint density at radius 1 is 1.32 bits per heavy atom. The molecule has 0 radical (unpaired) electrons. The lowest BCUT2D eigenvalue weighted by atomic mass is 9.93. The highest BCUT2D eigenvalue weighted by Crippen LogP contribution is 2.39. The largest absolute Gasteiger partial charge is 0.493 e. The van der Waals surface area contributed by atoms with Crippen LogP contribution in [0.5, 0.6) is 11.5 Å². The minimum absolute atomic E-state index is 0.176. The summed E-state index contributed by atoms with van der Waals surface area (Å²) >= 11 is 0. The molecule has 1 saturated heterocycles. The van der Waals surface area contributed by atoms with Gasteiger partial charge in [0.15, 0.2) is 11.5 Å². The number of methoxy groups -OCH3 is 2. The highest BCUT2D eigenvalue weighted by molar-refractivity contribution is 5.49. The third-order valence-corrected chi connectivity index (χ3v) is 3.58. The minimum atomic E-state index is -0.606. The minimum Gasteiger partial charge on any atom is -0.493 e. The first kappa shape index (κ1) is 13.6. The van der Waals surface area contributed by atoms with E-state index in [9.17, 15) is 10.1 Å². The Morgan fingerprint density at radius 3 is 2.63 bits per heavy atom. The van der Waals surface area contributed by atoms with Gasteiger partial charge in [-0.2, -0.15) is 0 Å². The van der Waals surface area contributed by atoms with E-state index in [2.05, 4.69) is 0 Å². The number of likely N-dealkylation sites (tertiary alicyclic amines) is 1. The summed E-state index contributed by atoms with van der Waals surface area (Å²) in [5.41, 5.74) is 0.841. The number of ether oxygens (including phenoxy) is 2. The van der Waals surface area contributed by atoms with E-state index in [-0.39, 0.29) is 10.8 Å². The van der Waals surface area contributed by atoms with Crippen LogP contribution in [0.3, 0.4) is 0 Å². The lowest BCUT2D eigenvalue weighted by molar-refractivity contribution is -0.521. The maximum absolute atomic E-state index is 11.2. The maximum Gasteiger partial charge on any atom is 0.233 e. The van der Waals surface area contributed by atoms with E-state index in [0.717, 1.165) is 5.56 Å². The molecule has 2 rings (SSSR count). The van der Waals surface area contributed by atoms with E-state index in [4.69, 9.17) is 9.47 Å². The number of nitrogens with zero attached hydrogens (tertiary/aromatic N) is 2. The van der Waals surface area contributed by atoms with Crippen LogP contribution in [0.25, 0.3) is 0 Å². The number of benzene rings is 1. The first-order chi connectivity index (χ1) is 9.08. The number of nitro groups is 1. The molecule has 1 aliphatic heterocycles. The van der Waals surface area contributed by atoms with Crippen molar-refractivity contribution in [2.24, 2.45) is 0 Å². The van der Waals surface area contributed by atoms with Crippen LogP contribution in [0, 0.1) is 10.1 Å². The quantitative estimate of drug-likeness (QED) is 0.608. The van der Waals surface area contributed by atoms with E-state index in [1.54, 1.807) is 20.3 Å². The van der Waals surface area contributed by atoms with Crippen LogP contribution in [-0.4, -0.2) is 50.2 Å². The van der Waals surface area contributed by atoms with Crippen molar-refractivity contribution in [3.05, 3.63) is 33.9 Å². The van der Waals surface area contributed by atoms with E-state index < -0.39 is 6.04 Å². The van der Waals surface area contributed by atoms with Crippen molar-refractivity contribution in [3.8, 4) is 11.5 Å². The van der Waals surface area contributed by atoms with Crippen LogP contribution >= 0.6 is 0 Å². The summed E-state index contributed by atoms with van der Waals surface area (Å²) in [6.45, 7) is 1.10. The van der Waals surface area contributed by atoms with Gasteiger partial charge in [0.25, 0.3) is 0 Å². The van der Waals surface area contributed by atoms with Crippen LogP contribution < -0.4 is 9.47 Å². The summed E-state index contributed by atoms with van der Waals surface area (Å²) in [6, 6.07) is 4.90. The average molecular weight is 266 g/mol. The molecule has 0 aromatic heterocycles. The second kappa shape index (κ2) is 5.44. The molecule has 1 heterocycles. The Hall–Kier alpha value is -1.82. The predicted octanol–water partition coefficient (Wildman–Crippen LogP) is 1.38. The number of hydrogen-bond acceptors (Lipinski definition) is 5. The number of para-hydroxylation sites is 1. The fourth-order valence-electron chi connectivity index (χ4n) is 2.70. The maximum atomic E-state index is 11.2. The van der Waals surface area contributed by atoms with Crippen molar-refractivity contribution < 1.29 is 14.4 Å². The van der Waals surface area contributed by atoms with Gasteiger partial charge in [-0.25, -0.2) is 0 Å². The fraction of sp³-hybridized carbons (Fsp3) is 0.538. The van der Waals surface area contributed by atoms with Gasteiger partial charge in [0, 0.05) is 17.0 Å². The number of hydrogen-bond donors (Lipinski definition) is 0. The molecule has 1 fully saturated rings. The van der Waals surface area contributed by atoms with Crippen LogP contribution in [0.15, 0.2) is 18.2 Å². The smallest absolute Gasteiger partial charge is 0.233 e. The molecule has 0 saturated carbocycles. The predicted molar refractivity (Wildman–Crippen MR) is 70.6 cm³/mol. The van der Waals surface area contributed by atoms with E-state index in [0.29, 0.717) is 24.6 Å². The second-order valence-electron chi connectivity index (χ2n) is 4.76. The molecule has 0 amide bonds. The molecular weight excluding hydrogens is 248 g/mol. The number of rotatable bonds is 4. The molecular formula is C13H18N2O4. The molecule has 1 aliphatic rings. The molecule has 19 heavy (non-hydrogen) atoms. The van der Waals surface area contributed by atoms with Crippen LogP contribution in [0.1, 0.15) is 11.5 Å². The molecule has 104 valence electrons. The highest BCUT2D eigenvalue weighted by atomic mass is 16.6. The molecule has 1 aromatic rings. The Bertz CT molecular complexity index is 478. The zero-order chi connectivity index (χ0) is 14.0. The summed E-state index contributed by atoms with van der Waals surface area (Å²) in [4.78, 5) is 13.0. The Balaban J connectivity index is 2.43. The van der Waals surface area contributed by atoms with Crippen LogP contribution in [0.4, 0.5) is 0 Å². The summed E-state index contributed by atoms with van der Waals surface area (Å²) < 4.78 is 10.6. The average Bonchev–Trinajstić information content (AvgIpc) is 2.79. The topological polar surface area (TPSA) is 64.8 Å². The van der Waals surface area contributed by atoms with Crippen LogP contribution in [-0.2, 0) is 0 Å². The van der Waals surface area contributed by atoms with Crippen molar-refractivity contribution in [2.45, 2.75) is 12.0 Å². The normalized spacial score (nSPS) is 23.3. The van der Waals surface area contributed by atoms with Crippen molar-refractivity contribution >= 4 is 0 Å². The standard InChI is InChI=1S/C13H18N2O4/c1-14-7-10(11(8-14)15(16)17)9-5-4-6-12(18-2)13(9)19-3/h4-6,10-11H,7-8H2,1-3H3. The summed E-state index contributed by atoms with van der Waals surface area (Å²) in [5.74, 6) is 1.03. The van der Waals surface area contributed by atoms with Gasteiger partial charge in [-0.3, -0.25) is 15.0 Å². The first-order valence-electron chi connectivity index (χ1n) is 6.11. The zero-order valence-electron chi connectivity index (χ0n) is 11.3. The van der Waals surface area contributed by atoms with E-state index in [1.807, 2.05) is 24.1 Å². The van der Waals surface area contributed by atoms with Gasteiger partial charge >= 0.3 is 0 Å². The first-order valence-corrected chi connectivity index (χ1v) is 6.11. The van der Waals surface area contributed by atoms with Gasteiger partial charge in [-0.05, 0) is 13.1 Å². The van der Waals surface area contributed by atoms with Crippen LogP contribution in [0.2, 0.25) is 0 Å². The molecule has 2 unspecified atom stereocenters. The van der Waals surface area contributed by atoms with Gasteiger partial charge in [0.05, 0.1) is 26.7 Å². The Kier molecular flexibility index (Phi) is 3.90. The summed E-state index contributed by atoms with van der Waals surface area (Å²) in [7, 11) is 5.01. The van der Waals surface area contributed by atoms with Gasteiger partial charge in [-0.1, -0.05) is 12.1 Å². The zero-order valence-corrected chi connectivity index (χ0v) is 11.3. The lowest BCUT2D eigenvalue weighted by Crippen LogP contribution is -2.27. The molecule has 0 aliphatic carbocycles. The van der Waals surface area contributed by atoms with Crippen molar-refractivity contribution in [2.75, 3.05) is 34.4 Å². The van der Waals surface area contributed by atoms with Crippen molar-refractivity contribution in [1.29, 1.82) is 0 Å². The molecule has 2 atom stereocenters. The Labute approximate surface area is 112 Å². The fourth-order valence-corrected chi connectivity index (χ4v) is 2.70. The molecule has 6 heteroatoms. The van der Waals surface area contributed by atoms with Gasteiger partial charge in [0.1, 0.15) is 0 Å². The second-order valence-corrected chi connectivity index (χ2v) is 4.76. The molecule has 0 bridgehead atoms. The molecule has 0 spiro atoms. The summed E-state index contributed by atoms with van der Waals surface area (Å²) in [5, 5.41) is 11.2. The van der Waals surface area contributed by atoms with Gasteiger partial charge < -0.3 is 9.47 Å². The van der Waals surface area contributed by atoms with Crippen molar-refractivity contribution in [1.82, 2.24) is 4.90 Å². The molecule has 1 aromatic carbocycles. The third kappa shape index (κ3) is 2.49. The highest BCUT2D eigenvalue weighted by Gasteiger charge is 2.42.